The number of hydrogen-bond donors (Lipinski definition) is 1. The van der Waals surface area contributed by atoms with E-state index >= 15 is 0 Å². The summed E-state index contributed by atoms with van der Waals surface area (Å²) in [7, 11) is 0. The number of aryl methyl sites for hydroxylation is 1. The first-order chi connectivity index (χ1) is 12.4. The van der Waals surface area contributed by atoms with Gasteiger partial charge in [-0.1, -0.05) is 17.7 Å². The number of carbonyl (C=O) groups excluding carboxylic acids is 1. The summed E-state index contributed by atoms with van der Waals surface area (Å²) in [5.74, 6) is -1.20. The fourth-order valence-electron chi connectivity index (χ4n) is 2.65. The van der Waals surface area contributed by atoms with Crippen molar-refractivity contribution in [2.24, 2.45) is 0 Å². The minimum absolute atomic E-state index is 0.143. The van der Waals surface area contributed by atoms with Crippen molar-refractivity contribution < 1.29 is 13.6 Å². The van der Waals surface area contributed by atoms with Gasteiger partial charge < -0.3 is 5.32 Å². The number of nitrogens with zero attached hydrogens (tertiary/aromatic N) is 2. The van der Waals surface area contributed by atoms with Gasteiger partial charge in [0.15, 0.2) is 0 Å². The molecule has 26 heavy (non-hydrogen) atoms. The zero-order valence-corrected chi connectivity index (χ0v) is 14.9. The van der Waals surface area contributed by atoms with E-state index in [1.54, 1.807) is 24.6 Å². The van der Waals surface area contributed by atoms with Gasteiger partial charge in [0.1, 0.15) is 11.6 Å². The van der Waals surface area contributed by atoms with E-state index in [-0.39, 0.29) is 12.5 Å². The molecule has 7 heteroatoms. The highest BCUT2D eigenvalue weighted by atomic mass is 35.5. The van der Waals surface area contributed by atoms with Crippen LogP contribution in [0.25, 0.3) is 0 Å². The lowest BCUT2D eigenvalue weighted by molar-refractivity contribution is 0.102. The number of benzene rings is 2. The summed E-state index contributed by atoms with van der Waals surface area (Å²) in [5, 5.41) is 7.46. The van der Waals surface area contributed by atoms with Crippen molar-refractivity contribution in [3.05, 3.63) is 81.6 Å². The third-order valence-electron chi connectivity index (χ3n) is 4.10. The summed E-state index contributed by atoms with van der Waals surface area (Å²) in [5.41, 5.74) is 2.45. The Labute approximate surface area is 154 Å². The monoisotopic (exact) mass is 375 g/mol. The molecule has 3 rings (SSSR count). The second-order valence-electron chi connectivity index (χ2n) is 5.86. The topological polar surface area (TPSA) is 46.9 Å². The lowest BCUT2D eigenvalue weighted by atomic mass is 10.2. The van der Waals surface area contributed by atoms with Gasteiger partial charge in [0.25, 0.3) is 5.91 Å². The van der Waals surface area contributed by atoms with Crippen molar-refractivity contribution in [3.8, 4) is 0 Å². The molecule has 3 aromatic rings. The molecule has 0 aliphatic heterocycles. The van der Waals surface area contributed by atoms with Gasteiger partial charge in [0.05, 0.1) is 23.6 Å². The molecule has 1 aromatic heterocycles. The van der Waals surface area contributed by atoms with Crippen LogP contribution in [0.2, 0.25) is 5.02 Å². The summed E-state index contributed by atoms with van der Waals surface area (Å²) in [6.07, 6.45) is 0. The molecular weight excluding hydrogens is 360 g/mol. The van der Waals surface area contributed by atoms with Gasteiger partial charge in [0.2, 0.25) is 0 Å². The number of carbonyl (C=O) groups is 1. The third-order valence-corrected chi connectivity index (χ3v) is 4.45. The lowest BCUT2D eigenvalue weighted by Crippen LogP contribution is -2.13. The van der Waals surface area contributed by atoms with Crippen LogP contribution in [0.3, 0.4) is 0 Å². The molecule has 0 saturated heterocycles. The summed E-state index contributed by atoms with van der Waals surface area (Å²) in [4.78, 5) is 12.4. The first-order valence-corrected chi connectivity index (χ1v) is 8.28. The van der Waals surface area contributed by atoms with E-state index < -0.39 is 11.6 Å². The number of halogens is 3. The van der Waals surface area contributed by atoms with Crippen LogP contribution < -0.4 is 5.32 Å². The highest BCUT2D eigenvalue weighted by molar-refractivity contribution is 6.31. The Bertz CT molecular complexity index is 947. The Balaban J connectivity index is 1.86. The van der Waals surface area contributed by atoms with Crippen molar-refractivity contribution >= 4 is 23.2 Å². The van der Waals surface area contributed by atoms with Crippen LogP contribution in [0.5, 0.6) is 0 Å². The van der Waals surface area contributed by atoms with Gasteiger partial charge in [-0.2, -0.15) is 5.10 Å². The minimum atomic E-state index is -0.415. The van der Waals surface area contributed by atoms with E-state index in [4.69, 9.17) is 11.6 Å². The molecule has 0 radical (unpaired) electrons. The maximum atomic E-state index is 14.0. The highest BCUT2D eigenvalue weighted by Crippen LogP contribution is 2.25. The zero-order valence-electron chi connectivity index (χ0n) is 14.2. The van der Waals surface area contributed by atoms with E-state index in [1.807, 2.05) is 0 Å². The SMILES string of the molecule is Cc1nn(Cc2c(F)cccc2Cl)c(C)c1NC(=O)c1ccc(F)cc1. The van der Waals surface area contributed by atoms with E-state index in [2.05, 4.69) is 10.4 Å². The van der Waals surface area contributed by atoms with Crippen LogP contribution in [0.4, 0.5) is 14.5 Å². The Morgan fingerprint density at radius 3 is 2.50 bits per heavy atom. The van der Waals surface area contributed by atoms with Gasteiger partial charge in [-0.05, 0) is 50.2 Å². The Morgan fingerprint density at radius 2 is 1.85 bits per heavy atom. The van der Waals surface area contributed by atoms with Crippen LogP contribution >= 0.6 is 11.6 Å². The maximum absolute atomic E-state index is 14.0. The van der Waals surface area contributed by atoms with Crippen molar-refractivity contribution in [2.75, 3.05) is 5.32 Å². The van der Waals surface area contributed by atoms with Gasteiger partial charge in [-0.15, -0.1) is 0 Å². The van der Waals surface area contributed by atoms with Crippen molar-refractivity contribution in [1.29, 1.82) is 0 Å². The third kappa shape index (κ3) is 3.60. The second-order valence-corrected chi connectivity index (χ2v) is 6.27. The van der Waals surface area contributed by atoms with Crippen LogP contribution in [0.1, 0.15) is 27.3 Å². The Kier molecular flexibility index (Phi) is 5.04. The van der Waals surface area contributed by atoms with Crippen LogP contribution in [0.15, 0.2) is 42.5 Å². The Morgan fingerprint density at radius 1 is 1.15 bits per heavy atom. The number of anilines is 1. The number of amides is 1. The number of rotatable bonds is 4. The standard InChI is InChI=1S/C19H16ClF2N3O/c1-11-18(23-19(26)13-6-8-14(21)9-7-13)12(2)25(24-11)10-15-16(20)4-3-5-17(15)22/h3-9H,10H2,1-2H3,(H,23,26). The second kappa shape index (κ2) is 7.25. The first kappa shape index (κ1) is 18.1. The molecule has 0 unspecified atom stereocenters. The average molecular weight is 376 g/mol. The molecule has 0 fully saturated rings. The Hall–Kier alpha value is -2.73. The minimum Gasteiger partial charge on any atom is -0.319 e. The van der Waals surface area contributed by atoms with Crippen LogP contribution in [-0.4, -0.2) is 15.7 Å². The summed E-state index contributed by atoms with van der Waals surface area (Å²) >= 11 is 6.07. The van der Waals surface area contributed by atoms with E-state index in [0.29, 0.717) is 33.2 Å². The molecule has 0 atom stereocenters. The summed E-state index contributed by atoms with van der Waals surface area (Å²) in [6.45, 7) is 3.66. The molecule has 1 heterocycles. The largest absolute Gasteiger partial charge is 0.319 e. The fourth-order valence-corrected chi connectivity index (χ4v) is 2.87. The van der Waals surface area contributed by atoms with Gasteiger partial charge in [-0.3, -0.25) is 9.48 Å². The smallest absolute Gasteiger partial charge is 0.255 e. The van der Waals surface area contributed by atoms with Crippen molar-refractivity contribution in [3.63, 3.8) is 0 Å². The molecule has 2 aromatic carbocycles. The zero-order chi connectivity index (χ0) is 18.8. The van der Waals surface area contributed by atoms with Gasteiger partial charge in [-0.25, -0.2) is 8.78 Å². The molecule has 0 aliphatic carbocycles. The fraction of sp³-hybridized carbons (Fsp3) is 0.158. The number of aromatic nitrogens is 2. The molecule has 0 spiro atoms. The van der Waals surface area contributed by atoms with E-state index in [0.717, 1.165) is 0 Å². The maximum Gasteiger partial charge on any atom is 0.255 e. The number of hydrogen-bond acceptors (Lipinski definition) is 2. The molecule has 1 N–H and O–H groups in total. The average Bonchev–Trinajstić information content (AvgIpc) is 2.86. The normalized spacial score (nSPS) is 10.8. The summed E-state index contributed by atoms with van der Waals surface area (Å²) < 4.78 is 28.6. The molecule has 134 valence electrons. The molecule has 0 saturated carbocycles. The summed E-state index contributed by atoms with van der Waals surface area (Å²) in [6, 6.07) is 9.73. The predicted molar refractivity (Wildman–Crippen MR) is 96.6 cm³/mol. The molecule has 0 bridgehead atoms. The lowest BCUT2D eigenvalue weighted by Gasteiger charge is -2.09. The van der Waals surface area contributed by atoms with Crippen LogP contribution in [0, 0.1) is 25.5 Å². The van der Waals surface area contributed by atoms with Crippen molar-refractivity contribution in [1.82, 2.24) is 9.78 Å². The quantitative estimate of drug-likeness (QED) is 0.716. The molecule has 4 nitrogen and oxygen atoms in total. The molecular formula is C19H16ClF2N3O. The van der Waals surface area contributed by atoms with E-state index in [1.165, 1.54) is 36.4 Å². The van der Waals surface area contributed by atoms with E-state index in [9.17, 15) is 13.6 Å². The molecule has 1 amide bonds. The number of nitrogens with one attached hydrogen (secondary N) is 1. The highest BCUT2D eigenvalue weighted by Gasteiger charge is 2.17. The van der Waals surface area contributed by atoms with Gasteiger partial charge >= 0.3 is 0 Å². The predicted octanol–water partition coefficient (Wildman–Crippen LogP) is 4.73. The van der Waals surface area contributed by atoms with Crippen LogP contribution in [-0.2, 0) is 6.54 Å². The molecule has 0 aliphatic rings. The first-order valence-electron chi connectivity index (χ1n) is 7.90. The van der Waals surface area contributed by atoms with Crippen molar-refractivity contribution in [2.45, 2.75) is 20.4 Å². The van der Waals surface area contributed by atoms with Gasteiger partial charge in [0, 0.05) is 16.1 Å².